The SMILES string of the molecule is CCc1ccc2c3cn(cc13)C1=C3CO[C@@H](CCC[C@@H](C)C#CC3=CC(N)N1)C[C@H](O)CCc1ccc(O)c(c1)OC2. The number of aromatic nitrogens is 1. The number of phenolic OH excluding ortho intramolecular Hbond substituents is 1. The molecule has 3 aromatic rings. The zero-order valence-corrected chi connectivity index (χ0v) is 24.5. The number of dihydropyridines is 1. The van der Waals surface area contributed by atoms with E-state index in [1.807, 2.05) is 18.2 Å². The highest BCUT2D eigenvalue weighted by Gasteiger charge is 2.25. The summed E-state index contributed by atoms with van der Waals surface area (Å²) < 4.78 is 14.9. The van der Waals surface area contributed by atoms with Gasteiger partial charge >= 0.3 is 0 Å². The van der Waals surface area contributed by atoms with Gasteiger partial charge in [0.05, 0.1) is 25.0 Å². The van der Waals surface area contributed by atoms with Gasteiger partial charge in [-0.1, -0.05) is 43.9 Å². The number of benzene rings is 2. The summed E-state index contributed by atoms with van der Waals surface area (Å²) in [6.45, 7) is 5.01. The van der Waals surface area contributed by atoms with E-state index in [2.05, 4.69) is 60.1 Å². The van der Waals surface area contributed by atoms with Crippen LogP contribution >= 0.6 is 0 Å². The van der Waals surface area contributed by atoms with Crippen LogP contribution in [0.3, 0.4) is 0 Å². The zero-order valence-electron chi connectivity index (χ0n) is 24.5. The largest absolute Gasteiger partial charge is 0.504 e. The highest BCUT2D eigenvalue weighted by molar-refractivity contribution is 5.90. The average molecular weight is 568 g/mol. The molecule has 0 amide bonds. The summed E-state index contributed by atoms with van der Waals surface area (Å²) in [7, 11) is 0. The second-order valence-corrected chi connectivity index (χ2v) is 11.9. The minimum Gasteiger partial charge on any atom is -0.504 e. The number of fused-ring (bicyclic) bond motifs is 6. The molecule has 0 aliphatic carbocycles. The predicted molar refractivity (Wildman–Crippen MR) is 166 cm³/mol. The van der Waals surface area contributed by atoms with E-state index in [1.54, 1.807) is 6.07 Å². The number of nitrogens with two attached hydrogens (primary N) is 1. The molecule has 5 N–H and O–H groups in total. The average Bonchev–Trinajstić information content (AvgIpc) is 3.42. The van der Waals surface area contributed by atoms with Gasteiger partial charge in [-0.3, -0.25) is 0 Å². The van der Waals surface area contributed by atoms with Crippen molar-refractivity contribution in [1.29, 1.82) is 0 Å². The quantitative estimate of drug-likeness (QED) is 0.295. The first-order valence-electron chi connectivity index (χ1n) is 15.2. The molecule has 3 aliphatic heterocycles. The topological polar surface area (TPSA) is 102 Å². The van der Waals surface area contributed by atoms with Crippen molar-refractivity contribution in [2.24, 2.45) is 11.7 Å². The van der Waals surface area contributed by atoms with E-state index in [1.165, 1.54) is 5.56 Å². The Labute approximate surface area is 248 Å². The minimum absolute atomic E-state index is 0.0875. The number of nitrogens with zero attached hydrogens (tertiary/aromatic N) is 1. The fourth-order valence-corrected chi connectivity index (χ4v) is 6.23. The molecular weight excluding hydrogens is 526 g/mol. The van der Waals surface area contributed by atoms with E-state index in [-0.39, 0.29) is 17.8 Å². The first kappa shape index (κ1) is 28.4. The number of hydrogen-bond acceptors (Lipinski definition) is 6. The van der Waals surface area contributed by atoms with Crippen molar-refractivity contribution >= 4 is 16.6 Å². The second-order valence-electron chi connectivity index (χ2n) is 11.9. The lowest BCUT2D eigenvalue weighted by Gasteiger charge is -2.28. The molecular formula is C35H41N3O4. The molecule has 0 radical (unpaired) electrons. The molecule has 1 unspecified atom stereocenters. The second kappa shape index (κ2) is 12.3. The van der Waals surface area contributed by atoms with E-state index < -0.39 is 12.3 Å². The molecule has 220 valence electrons. The molecule has 3 aliphatic rings. The van der Waals surface area contributed by atoms with Gasteiger partial charge < -0.3 is 35.3 Å². The van der Waals surface area contributed by atoms with Gasteiger partial charge in [0, 0.05) is 40.2 Å². The fraction of sp³-hybridized carbons (Fsp3) is 0.429. The zero-order chi connectivity index (χ0) is 29.2. The molecule has 0 spiro atoms. The van der Waals surface area contributed by atoms with Gasteiger partial charge in [-0.25, -0.2) is 0 Å². The van der Waals surface area contributed by atoms with Gasteiger partial charge in [0.2, 0.25) is 0 Å². The van der Waals surface area contributed by atoms with Crippen molar-refractivity contribution in [3.8, 4) is 23.3 Å². The number of aliphatic hydroxyl groups is 1. The van der Waals surface area contributed by atoms with Gasteiger partial charge in [0.15, 0.2) is 11.5 Å². The highest BCUT2D eigenvalue weighted by atomic mass is 16.5. The van der Waals surface area contributed by atoms with Crippen LogP contribution in [0.15, 0.2) is 59.9 Å². The molecule has 6 bridgehead atoms. The monoisotopic (exact) mass is 567 g/mol. The normalized spacial score (nSPS) is 24.9. The molecule has 1 aromatic heterocycles. The van der Waals surface area contributed by atoms with Crippen molar-refractivity contribution in [3.63, 3.8) is 0 Å². The van der Waals surface area contributed by atoms with E-state index in [0.717, 1.165) is 64.5 Å². The number of phenols is 1. The third-order valence-electron chi connectivity index (χ3n) is 8.69. The maximum absolute atomic E-state index is 11.1. The van der Waals surface area contributed by atoms with E-state index in [9.17, 15) is 10.2 Å². The molecule has 7 nitrogen and oxygen atoms in total. The molecule has 0 fully saturated rings. The Morgan fingerprint density at radius 2 is 1.95 bits per heavy atom. The van der Waals surface area contributed by atoms with Crippen LogP contribution in [0.5, 0.6) is 11.5 Å². The Hall–Kier alpha value is -3.70. The van der Waals surface area contributed by atoms with Crippen LogP contribution in [-0.4, -0.2) is 39.8 Å². The van der Waals surface area contributed by atoms with Crippen molar-refractivity contribution in [3.05, 3.63) is 76.6 Å². The van der Waals surface area contributed by atoms with Crippen LogP contribution in [-0.2, 0) is 24.2 Å². The van der Waals surface area contributed by atoms with Gasteiger partial charge in [0.1, 0.15) is 12.4 Å². The van der Waals surface area contributed by atoms with Gasteiger partial charge in [-0.05, 0) is 79.8 Å². The summed E-state index contributed by atoms with van der Waals surface area (Å²) >= 11 is 0. The first-order valence-corrected chi connectivity index (χ1v) is 15.2. The summed E-state index contributed by atoms with van der Waals surface area (Å²) in [6.07, 6.45) is 10.8. The van der Waals surface area contributed by atoms with Crippen molar-refractivity contribution in [1.82, 2.24) is 9.88 Å². The fourth-order valence-electron chi connectivity index (χ4n) is 6.23. The molecule has 2 aromatic carbocycles. The number of hydrogen-bond donors (Lipinski definition) is 4. The standard InChI is InChI=1S/C35H41N3O4/c1-3-24-11-12-26-20-42-33-15-23(9-14-32(33)40)8-13-27(39)17-28-6-4-5-22(2)7-10-25-16-34(36)37-35(31(25)21-41-28)38-18-29(24)30(26)19-38/h9,11-12,14-16,18-19,22,27-28,34,37,39-40H,3-6,8,13,17,20-21,36H2,1-2H3/t22-,27-,28+,34?/m1/s1. The number of aryl methyl sites for hydroxylation is 2. The van der Waals surface area contributed by atoms with Gasteiger partial charge in [-0.15, -0.1) is 0 Å². The van der Waals surface area contributed by atoms with Crippen LogP contribution < -0.4 is 15.8 Å². The van der Waals surface area contributed by atoms with Crippen molar-refractivity contribution < 1.29 is 19.7 Å². The van der Waals surface area contributed by atoms with Gasteiger partial charge in [-0.2, -0.15) is 0 Å². The molecule has 7 heteroatoms. The maximum Gasteiger partial charge on any atom is 0.161 e. The van der Waals surface area contributed by atoms with Gasteiger partial charge in [0.25, 0.3) is 0 Å². The highest BCUT2D eigenvalue weighted by Crippen LogP contribution is 2.33. The summed E-state index contributed by atoms with van der Waals surface area (Å²) in [5, 5.41) is 27.3. The third kappa shape index (κ3) is 6.07. The number of ether oxygens (including phenoxy) is 2. The van der Waals surface area contributed by atoms with E-state index in [0.29, 0.717) is 38.2 Å². The first-order chi connectivity index (χ1) is 20.4. The summed E-state index contributed by atoms with van der Waals surface area (Å²) in [5.41, 5.74) is 11.6. The number of nitrogens with one attached hydrogen (secondary N) is 1. The molecule has 0 saturated carbocycles. The summed E-state index contributed by atoms with van der Waals surface area (Å²) in [5.74, 6) is 8.55. The Bertz CT molecular complexity index is 1590. The van der Waals surface area contributed by atoms with Crippen LogP contribution in [0.1, 0.15) is 62.6 Å². The molecule has 4 heterocycles. The summed E-state index contributed by atoms with van der Waals surface area (Å²) in [4.78, 5) is 0. The van der Waals surface area contributed by atoms with E-state index in [4.69, 9.17) is 15.2 Å². The van der Waals surface area contributed by atoms with Crippen molar-refractivity contribution in [2.45, 2.75) is 83.8 Å². The Kier molecular flexibility index (Phi) is 8.30. The number of aliphatic hydroxyl groups excluding tert-OH is 1. The molecule has 6 rings (SSSR count). The lowest BCUT2D eigenvalue weighted by Crippen LogP contribution is -2.40. The lowest BCUT2D eigenvalue weighted by atomic mass is 9.97. The van der Waals surface area contributed by atoms with Crippen LogP contribution in [0.4, 0.5) is 0 Å². The Balaban J connectivity index is 1.50. The number of aromatic hydroxyl groups is 1. The molecule has 0 saturated heterocycles. The smallest absolute Gasteiger partial charge is 0.161 e. The third-order valence-corrected chi connectivity index (χ3v) is 8.69. The minimum atomic E-state index is -0.510. The Morgan fingerprint density at radius 1 is 1.10 bits per heavy atom. The Morgan fingerprint density at radius 3 is 2.81 bits per heavy atom. The maximum atomic E-state index is 11.1. The van der Waals surface area contributed by atoms with Crippen LogP contribution in [0.25, 0.3) is 16.6 Å². The van der Waals surface area contributed by atoms with E-state index >= 15 is 0 Å². The number of rotatable bonds is 1. The molecule has 42 heavy (non-hydrogen) atoms. The summed E-state index contributed by atoms with van der Waals surface area (Å²) in [6, 6.07) is 9.72. The lowest BCUT2D eigenvalue weighted by molar-refractivity contribution is 0.0168. The van der Waals surface area contributed by atoms with Crippen LogP contribution in [0, 0.1) is 17.8 Å². The van der Waals surface area contributed by atoms with Crippen molar-refractivity contribution in [2.75, 3.05) is 6.61 Å². The molecule has 4 atom stereocenters. The van der Waals surface area contributed by atoms with Crippen LogP contribution in [0.2, 0.25) is 0 Å². The predicted octanol–water partition coefficient (Wildman–Crippen LogP) is 5.38.